The highest BCUT2D eigenvalue weighted by Gasteiger charge is 2.02. The first-order valence-electron chi connectivity index (χ1n) is 6.85. The van der Waals surface area contributed by atoms with Gasteiger partial charge in [-0.15, -0.1) is 0 Å². The van der Waals surface area contributed by atoms with Crippen molar-refractivity contribution >= 4 is 5.96 Å². The molecule has 0 saturated heterocycles. The van der Waals surface area contributed by atoms with Crippen LogP contribution in [0.4, 0.5) is 0 Å². The Morgan fingerprint density at radius 2 is 2.05 bits per heavy atom. The lowest BCUT2D eigenvalue weighted by Crippen LogP contribution is -2.39. The highest BCUT2D eigenvalue weighted by atomic mass is 16.3. The van der Waals surface area contributed by atoms with Gasteiger partial charge in [0.15, 0.2) is 5.96 Å². The largest absolute Gasteiger partial charge is 0.396 e. The minimum atomic E-state index is 0.185. The van der Waals surface area contributed by atoms with Crippen LogP contribution in [-0.2, 0) is 6.54 Å². The van der Waals surface area contributed by atoms with Gasteiger partial charge in [-0.2, -0.15) is 0 Å². The second-order valence-corrected chi connectivity index (χ2v) is 4.79. The second-order valence-electron chi connectivity index (χ2n) is 4.79. The fourth-order valence-corrected chi connectivity index (χ4v) is 1.63. The molecule has 106 valence electrons. The first kappa shape index (κ1) is 15.5. The lowest BCUT2D eigenvalue weighted by Gasteiger charge is -2.14. The monoisotopic (exact) mass is 263 g/mol. The molecule has 0 radical (unpaired) electrons. The van der Waals surface area contributed by atoms with Gasteiger partial charge in [-0.3, -0.25) is 0 Å². The standard InChI is InChI=1S/C15H25N3O/c1-4-16-15(17-9-12(2)11-19)18-10-14-8-6-5-7-13(14)3/h5-8,12,19H,4,9-11H2,1-3H3,(H2,16,17,18). The summed E-state index contributed by atoms with van der Waals surface area (Å²) in [5.74, 6) is 1.02. The fourth-order valence-electron chi connectivity index (χ4n) is 1.63. The molecule has 4 nitrogen and oxygen atoms in total. The van der Waals surface area contributed by atoms with E-state index in [0.717, 1.165) is 19.0 Å². The Balaban J connectivity index is 2.60. The molecule has 0 aliphatic carbocycles. The van der Waals surface area contributed by atoms with E-state index in [1.165, 1.54) is 11.1 Å². The Morgan fingerprint density at radius 3 is 2.68 bits per heavy atom. The maximum absolute atomic E-state index is 9.02. The molecule has 1 rings (SSSR count). The Kier molecular flexibility index (Phi) is 6.97. The zero-order valence-corrected chi connectivity index (χ0v) is 12.1. The Hall–Kier alpha value is -1.55. The number of aliphatic hydroxyl groups excluding tert-OH is 1. The molecule has 1 unspecified atom stereocenters. The van der Waals surface area contributed by atoms with Gasteiger partial charge in [-0.05, 0) is 30.9 Å². The highest BCUT2D eigenvalue weighted by molar-refractivity contribution is 5.79. The summed E-state index contributed by atoms with van der Waals surface area (Å²) in [7, 11) is 0. The van der Waals surface area contributed by atoms with Crippen LogP contribution in [0.5, 0.6) is 0 Å². The maximum atomic E-state index is 9.02. The molecule has 0 bridgehead atoms. The number of rotatable bonds is 6. The Labute approximate surface area is 116 Å². The van der Waals surface area contributed by atoms with Crippen LogP contribution in [0.2, 0.25) is 0 Å². The van der Waals surface area contributed by atoms with Crippen molar-refractivity contribution in [1.82, 2.24) is 10.6 Å². The van der Waals surface area contributed by atoms with Crippen molar-refractivity contribution in [2.75, 3.05) is 19.7 Å². The third-order valence-corrected chi connectivity index (χ3v) is 2.94. The maximum Gasteiger partial charge on any atom is 0.191 e. The number of aliphatic imine (C=N–C) groups is 1. The topological polar surface area (TPSA) is 56.7 Å². The number of benzene rings is 1. The zero-order chi connectivity index (χ0) is 14.1. The molecule has 0 fully saturated rings. The van der Waals surface area contributed by atoms with Gasteiger partial charge in [0.25, 0.3) is 0 Å². The van der Waals surface area contributed by atoms with Gasteiger partial charge in [0.2, 0.25) is 0 Å². The van der Waals surface area contributed by atoms with E-state index in [1.807, 2.05) is 26.0 Å². The molecule has 1 aromatic rings. The van der Waals surface area contributed by atoms with Gasteiger partial charge < -0.3 is 15.7 Å². The predicted octanol–water partition coefficient (Wildman–Crippen LogP) is 1.68. The summed E-state index contributed by atoms with van der Waals surface area (Å²) in [6.45, 7) is 8.53. The summed E-state index contributed by atoms with van der Waals surface area (Å²) in [4.78, 5) is 4.56. The van der Waals surface area contributed by atoms with Crippen molar-refractivity contribution < 1.29 is 5.11 Å². The smallest absolute Gasteiger partial charge is 0.191 e. The van der Waals surface area contributed by atoms with Gasteiger partial charge in [0.05, 0.1) is 6.54 Å². The van der Waals surface area contributed by atoms with E-state index in [2.05, 4.69) is 34.7 Å². The minimum Gasteiger partial charge on any atom is -0.396 e. The molecule has 1 aromatic carbocycles. The third kappa shape index (κ3) is 5.75. The molecule has 0 spiro atoms. The Morgan fingerprint density at radius 1 is 1.32 bits per heavy atom. The molecule has 19 heavy (non-hydrogen) atoms. The van der Waals surface area contributed by atoms with Crippen LogP contribution in [0.1, 0.15) is 25.0 Å². The molecule has 0 amide bonds. The van der Waals surface area contributed by atoms with Crippen molar-refractivity contribution in [2.45, 2.75) is 27.3 Å². The molecule has 1 atom stereocenters. The van der Waals surface area contributed by atoms with E-state index >= 15 is 0 Å². The van der Waals surface area contributed by atoms with Crippen LogP contribution in [0.25, 0.3) is 0 Å². The SMILES string of the molecule is CCNC(=NCc1ccccc1C)NCC(C)CO. The van der Waals surface area contributed by atoms with Gasteiger partial charge in [-0.25, -0.2) is 4.99 Å². The van der Waals surface area contributed by atoms with Crippen molar-refractivity contribution in [3.05, 3.63) is 35.4 Å². The number of hydrogen-bond acceptors (Lipinski definition) is 2. The number of hydrogen-bond donors (Lipinski definition) is 3. The second kappa shape index (κ2) is 8.53. The number of aliphatic hydroxyl groups is 1. The molecular weight excluding hydrogens is 238 g/mol. The van der Waals surface area contributed by atoms with Crippen molar-refractivity contribution in [3.63, 3.8) is 0 Å². The lowest BCUT2D eigenvalue weighted by molar-refractivity contribution is 0.238. The molecule has 0 saturated carbocycles. The van der Waals surface area contributed by atoms with Gasteiger partial charge in [0.1, 0.15) is 0 Å². The fraction of sp³-hybridized carbons (Fsp3) is 0.533. The lowest BCUT2D eigenvalue weighted by atomic mass is 10.1. The van der Waals surface area contributed by atoms with Gasteiger partial charge >= 0.3 is 0 Å². The molecule has 4 heteroatoms. The molecule has 3 N–H and O–H groups in total. The van der Waals surface area contributed by atoms with E-state index in [4.69, 9.17) is 5.11 Å². The average molecular weight is 263 g/mol. The summed E-state index contributed by atoms with van der Waals surface area (Å²) in [5, 5.41) is 15.5. The number of nitrogens with zero attached hydrogens (tertiary/aromatic N) is 1. The molecule has 0 aromatic heterocycles. The van der Waals surface area contributed by atoms with Crippen LogP contribution in [0.3, 0.4) is 0 Å². The van der Waals surface area contributed by atoms with Crippen molar-refractivity contribution in [1.29, 1.82) is 0 Å². The number of nitrogens with one attached hydrogen (secondary N) is 2. The summed E-state index contributed by atoms with van der Waals surface area (Å²) in [6, 6.07) is 8.26. The highest BCUT2D eigenvalue weighted by Crippen LogP contribution is 2.07. The molecule has 0 aliphatic rings. The van der Waals surface area contributed by atoms with E-state index in [1.54, 1.807) is 0 Å². The number of aryl methyl sites for hydroxylation is 1. The van der Waals surface area contributed by atoms with E-state index in [0.29, 0.717) is 6.54 Å². The van der Waals surface area contributed by atoms with E-state index in [-0.39, 0.29) is 12.5 Å². The van der Waals surface area contributed by atoms with E-state index < -0.39 is 0 Å². The molecular formula is C15H25N3O. The number of guanidine groups is 1. The van der Waals surface area contributed by atoms with Gasteiger partial charge in [0, 0.05) is 19.7 Å². The van der Waals surface area contributed by atoms with E-state index in [9.17, 15) is 0 Å². The van der Waals surface area contributed by atoms with Crippen LogP contribution >= 0.6 is 0 Å². The summed E-state index contributed by atoms with van der Waals surface area (Å²) in [5.41, 5.74) is 2.49. The van der Waals surface area contributed by atoms with Crippen LogP contribution in [-0.4, -0.2) is 30.8 Å². The van der Waals surface area contributed by atoms with Crippen LogP contribution in [0.15, 0.2) is 29.3 Å². The molecule has 0 heterocycles. The van der Waals surface area contributed by atoms with Gasteiger partial charge in [-0.1, -0.05) is 31.2 Å². The van der Waals surface area contributed by atoms with Crippen LogP contribution < -0.4 is 10.6 Å². The normalized spacial score (nSPS) is 13.2. The predicted molar refractivity (Wildman–Crippen MR) is 80.2 cm³/mol. The first-order valence-corrected chi connectivity index (χ1v) is 6.85. The van der Waals surface area contributed by atoms with Crippen molar-refractivity contribution in [2.24, 2.45) is 10.9 Å². The average Bonchev–Trinajstić information content (AvgIpc) is 2.43. The summed E-state index contributed by atoms with van der Waals surface area (Å²) < 4.78 is 0. The summed E-state index contributed by atoms with van der Waals surface area (Å²) >= 11 is 0. The minimum absolute atomic E-state index is 0.185. The summed E-state index contributed by atoms with van der Waals surface area (Å²) in [6.07, 6.45) is 0. The third-order valence-electron chi connectivity index (χ3n) is 2.94. The van der Waals surface area contributed by atoms with Crippen molar-refractivity contribution in [3.8, 4) is 0 Å². The zero-order valence-electron chi connectivity index (χ0n) is 12.1. The Bertz CT molecular complexity index is 404. The quantitative estimate of drug-likeness (QED) is 0.540. The van der Waals surface area contributed by atoms with Crippen LogP contribution in [0, 0.1) is 12.8 Å². The first-order chi connectivity index (χ1) is 9.17. The molecule has 0 aliphatic heterocycles.